The zero-order valence-electron chi connectivity index (χ0n) is 8.90. The number of carbonyl (C=O) groups is 2. The summed E-state index contributed by atoms with van der Waals surface area (Å²) in [4.78, 5) is 26.9. The third-order valence-electron chi connectivity index (χ3n) is 2.53. The molecular formula is C10H13N3O2S. The first-order valence-corrected chi connectivity index (χ1v) is 6.01. The fourth-order valence-electron chi connectivity index (χ4n) is 1.63. The van der Waals surface area contributed by atoms with Gasteiger partial charge in [-0.25, -0.2) is 4.98 Å². The molecule has 2 unspecified atom stereocenters. The molecule has 2 heterocycles. The summed E-state index contributed by atoms with van der Waals surface area (Å²) in [5.41, 5.74) is 0. The molecule has 0 aromatic carbocycles. The summed E-state index contributed by atoms with van der Waals surface area (Å²) in [6.45, 7) is 2.33. The van der Waals surface area contributed by atoms with Crippen LogP contribution in [0, 0.1) is 5.92 Å². The lowest BCUT2D eigenvalue weighted by Crippen LogP contribution is -2.33. The Balaban J connectivity index is 1.90. The van der Waals surface area contributed by atoms with Crippen molar-refractivity contribution in [1.82, 2.24) is 15.6 Å². The molecule has 0 bridgehead atoms. The minimum Gasteiger partial charge on any atom is -0.355 e. The molecule has 1 aromatic rings. The van der Waals surface area contributed by atoms with Gasteiger partial charge in [-0.3, -0.25) is 9.59 Å². The zero-order chi connectivity index (χ0) is 11.5. The molecule has 2 rings (SSSR count). The Hall–Kier alpha value is -1.43. The third kappa shape index (κ3) is 2.38. The van der Waals surface area contributed by atoms with Gasteiger partial charge < -0.3 is 10.6 Å². The van der Waals surface area contributed by atoms with E-state index in [4.69, 9.17) is 0 Å². The molecule has 1 aromatic heterocycles. The number of hydrogen-bond donors (Lipinski definition) is 2. The van der Waals surface area contributed by atoms with Crippen molar-refractivity contribution in [2.75, 3.05) is 6.54 Å². The minimum atomic E-state index is -0.241. The highest BCUT2D eigenvalue weighted by Crippen LogP contribution is 2.16. The summed E-state index contributed by atoms with van der Waals surface area (Å²) in [6.07, 6.45) is 2.00. The van der Waals surface area contributed by atoms with Crippen molar-refractivity contribution in [2.45, 2.75) is 19.4 Å². The topological polar surface area (TPSA) is 71.1 Å². The highest BCUT2D eigenvalue weighted by atomic mass is 32.1. The maximum atomic E-state index is 11.8. The van der Waals surface area contributed by atoms with Crippen LogP contribution in [0.25, 0.3) is 0 Å². The van der Waals surface area contributed by atoms with Crippen LogP contribution in [0.15, 0.2) is 11.6 Å². The number of hydrogen-bond acceptors (Lipinski definition) is 4. The van der Waals surface area contributed by atoms with E-state index in [-0.39, 0.29) is 30.2 Å². The van der Waals surface area contributed by atoms with Crippen molar-refractivity contribution in [3.8, 4) is 0 Å². The van der Waals surface area contributed by atoms with Gasteiger partial charge in [-0.05, 0) is 6.92 Å². The van der Waals surface area contributed by atoms with Crippen molar-refractivity contribution < 1.29 is 9.59 Å². The SMILES string of the molecule is CC(NC(=O)C1CNC(=O)C1)c1nccs1. The van der Waals surface area contributed by atoms with E-state index in [1.165, 1.54) is 11.3 Å². The molecule has 2 N–H and O–H groups in total. The molecule has 0 radical (unpaired) electrons. The summed E-state index contributed by atoms with van der Waals surface area (Å²) in [6, 6.07) is -0.0943. The number of nitrogens with one attached hydrogen (secondary N) is 2. The smallest absolute Gasteiger partial charge is 0.225 e. The van der Waals surface area contributed by atoms with E-state index < -0.39 is 0 Å². The summed E-state index contributed by atoms with van der Waals surface area (Å²) in [7, 11) is 0. The lowest BCUT2D eigenvalue weighted by Gasteiger charge is -2.13. The van der Waals surface area contributed by atoms with Crippen LogP contribution in [-0.2, 0) is 9.59 Å². The Morgan fingerprint density at radius 2 is 2.56 bits per heavy atom. The zero-order valence-corrected chi connectivity index (χ0v) is 9.71. The third-order valence-corrected chi connectivity index (χ3v) is 3.49. The second-order valence-corrected chi connectivity index (χ2v) is 4.73. The number of nitrogens with zero attached hydrogens (tertiary/aromatic N) is 1. The first-order chi connectivity index (χ1) is 7.66. The molecule has 2 amide bonds. The van der Waals surface area contributed by atoms with E-state index in [0.29, 0.717) is 6.54 Å². The maximum absolute atomic E-state index is 11.8. The van der Waals surface area contributed by atoms with Gasteiger partial charge in [0.15, 0.2) is 0 Å². The molecular weight excluding hydrogens is 226 g/mol. The van der Waals surface area contributed by atoms with Gasteiger partial charge in [-0.2, -0.15) is 0 Å². The summed E-state index contributed by atoms with van der Waals surface area (Å²) in [5, 5.41) is 8.26. The van der Waals surface area contributed by atoms with Crippen molar-refractivity contribution in [3.63, 3.8) is 0 Å². The largest absolute Gasteiger partial charge is 0.355 e. The number of rotatable bonds is 3. The minimum absolute atomic E-state index is 0.0537. The normalized spacial score (nSPS) is 21.6. The lowest BCUT2D eigenvalue weighted by molar-refractivity contribution is -0.127. The molecule has 5 nitrogen and oxygen atoms in total. The Morgan fingerprint density at radius 3 is 3.12 bits per heavy atom. The quantitative estimate of drug-likeness (QED) is 0.804. The first-order valence-electron chi connectivity index (χ1n) is 5.13. The molecule has 0 saturated carbocycles. The van der Waals surface area contributed by atoms with E-state index in [2.05, 4.69) is 15.6 Å². The number of carbonyl (C=O) groups excluding carboxylic acids is 2. The van der Waals surface area contributed by atoms with E-state index in [1.807, 2.05) is 12.3 Å². The van der Waals surface area contributed by atoms with Gasteiger partial charge >= 0.3 is 0 Å². The van der Waals surface area contributed by atoms with Crippen LogP contribution >= 0.6 is 11.3 Å². The van der Waals surface area contributed by atoms with Crippen LogP contribution in [0.4, 0.5) is 0 Å². The second-order valence-electron chi connectivity index (χ2n) is 3.81. The summed E-state index contributed by atoms with van der Waals surface area (Å²) < 4.78 is 0. The molecule has 6 heteroatoms. The lowest BCUT2D eigenvalue weighted by atomic mass is 10.1. The number of aromatic nitrogens is 1. The van der Waals surface area contributed by atoms with Gasteiger partial charge in [-0.1, -0.05) is 0 Å². The van der Waals surface area contributed by atoms with Crippen LogP contribution < -0.4 is 10.6 Å². The standard InChI is InChI=1S/C10H13N3O2S/c1-6(10-11-2-3-16-10)13-9(15)7-4-8(14)12-5-7/h2-3,6-7H,4-5H2,1H3,(H,12,14)(H,13,15). The Labute approximate surface area is 97.3 Å². The van der Waals surface area contributed by atoms with Crippen LogP contribution in [0.2, 0.25) is 0 Å². The van der Waals surface area contributed by atoms with Crippen molar-refractivity contribution in [3.05, 3.63) is 16.6 Å². The number of thiazole rings is 1. The molecule has 0 spiro atoms. The van der Waals surface area contributed by atoms with Gasteiger partial charge in [0.25, 0.3) is 0 Å². The van der Waals surface area contributed by atoms with Crippen LogP contribution in [-0.4, -0.2) is 23.3 Å². The van der Waals surface area contributed by atoms with E-state index in [9.17, 15) is 9.59 Å². The van der Waals surface area contributed by atoms with Crippen LogP contribution in [0.3, 0.4) is 0 Å². The average molecular weight is 239 g/mol. The summed E-state index contributed by atoms with van der Waals surface area (Å²) >= 11 is 1.51. The Morgan fingerprint density at radius 1 is 1.75 bits per heavy atom. The van der Waals surface area contributed by atoms with Crippen molar-refractivity contribution in [1.29, 1.82) is 0 Å². The van der Waals surface area contributed by atoms with E-state index in [1.54, 1.807) is 6.20 Å². The van der Waals surface area contributed by atoms with Crippen molar-refractivity contribution >= 4 is 23.2 Å². The highest BCUT2D eigenvalue weighted by Gasteiger charge is 2.28. The monoisotopic (exact) mass is 239 g/mol. The average Bonchev–Trinajstić information content (AvgIpc) is 2.87. The van der Waals surface area contributed by atoms with Gasteiger partial charge in [0.2, 0.25) is 11.8 Å². The Bertz CT molecular complexity index is 391. The highest BCUT2D eigenvalue weighted by molar-refractivity contribution is 7.09. The molecule has 1 aliphatic rings. The van der Waals surface area contributed by atoms with Gasteiger partial charge in [0.05, 0.1) is 12.0 Å². The molecule has 2 atom stereocenters. The first kappa shape index (κ1) is 11.1. The molecule has 0 aliphatic carbocycles. The maximum Gasteiger partial charge on any atom is 0.225 e. The fraction of sp³-hybridized carbons (Fsp3) is 0.500. The van der Waals surface area contributed by atoms with E-state index in [0.717, 1.165) is 5.01 Å². The van der Waals surface area contributed by atoms with Crippen LogP contribution in [0.5, 0.6) is 0 Å². The molecule has 16 heavy (non-hydrogen) atoms. The van der Waals surface area contributed by atoms with Crippen molar-refractivity contribution in [2.24, 2.45) is 5.92 Å². The van der Waals surface area contributed by atoms with Gasteiger partial charge in [0, 0.05) is 24.5 Å². The number of amides is 2. The van der Waals surface area contributed by atoms with Gasteiger partial charge in [-0.15, -0.1) is 11.3 Å². The summed E-state index contributed by atoms with van der Waals surface area (Å²) in [5.74, 6) is -0.377. The second kappa shape index (κ2) is 4.61. The van der Waals surface area contributed by atoms with Crippen LogP contribution in [0.1, 0.15) is 24.4 Å². The molecule has 1 saturated heterocycles. The Kier molecular flexibility index (Phi) is 3.19. The molecule has 1 fully saturated rings. The fourth-order valence-corrected chi connectivity index (χ4v) is 2.28. The molecule has 86 valence electrons. The predicted octanol–water partition coefficient (Wildman–Crippen LogP) is 0.456. The van der Waals surface area contributed by atoms with Gasteiger partial charge in [0.1, 0.15) is 5.01 Å². The van der Waals surface area contributed by atoms with E-state index >= 15 is 0 Å². The predicted molar refractivity (Wildman–Crippen MR) is 59.8 cm³/mol. The molecule has 1 aliphatic heterocycles.